The van der Waals surface area contributed by atoms with Gasteiger partial charge in [0.2, 0.25) is 0 Å². The Labute approximate surface area is 82.6 Å². The van der Waals surface area contributed by atoms with Crippen LogP contribution in [-0.2, 0) is 4.74 Å². The third kappa shape index (κ3) is 3.39. The molecule has 0 saturated carbocycles. The van der Waals surface area contributed by atoms with Gasteiger partial charge in [-0.3, -0.25) is 4.90 Å². The summed E-state index contributed by atoms with van der Waals surface area (Å²) >= 11 is 0. The van der Waals surface area contributed by atoms with Crippen LogP contribution in [0.15, 0.2) is 12.3 Å². The quantitative estimate of drug-likeness (QED) is 0.610. The van der Waals surface area contributed by atoms with Crippen molar-refractivity contribution in [3.05, 3.63) is 12.3 Å². The van der Waals surface area contributed by atoms with Crippen LogP contribution in [0.2, 0.25) is 0 Å². The Kier molecular flexibility index (Phi) is 5.07. The van der Waals surface area contributed by atoms with Gasteiger partial charge in [0.1, 0.15) is 5.76 Å². The fourth-order valence-electron chi connectivity index (χ4n) is 1.54. The first kappa shape index (κ1) is 12.5. The highest BCUT2D eigenvalue weighted by Crippen LogP contribution is 2.23. The van der Waals surface area contributed by atoms with Gasteiger partial charge in [-0.1, -0.05) is 27.4 Å². The minimum Gasteiger partial charge on any atom is -0.500 e. The average Bonchev–Trinajstić information content (AvgIpc) is 2.03. The lowest BCUT2D eigenvalue weighted by Crippen LogP contribution is -2.38. The van der Waals surface area contributed by atoms with Crippen molar-refractivity contribution >= 4 is 0 Å². The van der Waals surface area contributed by atoms with Crippen LogP contribution in [0.3, 0.4) is 0 Å². The molecule has 0 N–H and O–H groups in total. The Morgan fingerprint density at radius 2 is 1.69 bits per heavy atom. The molecule has 0 rings (SSSR count). The molecule has 0 saturated heterocycles. The van der Waals surface area contributed by atoms with Crippen molar-refractivity contribution in [2.24, 2.45) is 11.8 Å². The molecule has 2 heteroatoms. The highest BCUT2D eigenvalue weighted by Gasteiger charge is 2.25. The van der Waals surface area contributed by atoms with E-state index >= 15 is 0 Å². The van der Waals surface area contributed by atoms with Crippen LogP contribution < -0.4 is 0 Å². The largest absolute Gasteiger partial charge is 0.500 e. The normalized spacial score (nSPS) is 16.0. The molecule has 0 aromatic rings. The molecule has 0 radical (unpaired) electrons. The van der Waals surface area contributed by atoms with Crippen molar-refractivity contribution in [1.82, 2.24) is 4.90 Å². The maximum atomic E-state index is 5.21. The van der Waals surface area contributed by atoms with Gasteiger partial charge < -0.3 is 4.74 Å². The second-order valence-corrected chi connectivity index (χ2v) is 4.18. The second kappa shape index (κ2) is 5.28. The first-order valence-corrected chi connectivity index (χ1v) is 4.81. The smallest absolute Gasteiger partial charge is 0.106 e. The molecular formula is C11H23NO. The zero-order chi connectivity index (χ0) is 10.6. The molecular weight excluding hydrogens is 162 g/mol. The molecule has 0 fully saturated rings. The molecule has 0 aromatic carbocycles. The molecule has 78 valence electrons. The Balaban J connectivity index is 4.51. The van der Waals surface area contributed by atoms with Crippen LogP contribution in [-0.4, -0.2) is 32.1 Å². The standard InChI is InChI=1S/C11H23NO/c1-8(2)9(3)11(12(5)6)10(4)13-7/h8-9,11H,4H2,1-3,5-7H3. The minimum atomic E-state index is 0.310. The SMILES string of the molecule is C=C(OC)C(C(C)C(C)C)N(C)C. The summed E-state index contributed by atoms with van der Waals surface area (Å²) in [7, 11) is 5.81. The third-order valence-electron chi connectivity index (χ3n) is 2.70. The molecule has 0 aliphatic rings. The average molecular weight is 185 g/mol. The van der Waals surface area contributed by atoms with E-state index in [1.807, 2.05) is 0 Å². The molecule has 0 aliphatic heterocycles. The lowest BCUT2D eigenvalue weighted by molar-refractivity contribution is 0.138. The van der Waals surface area contributed by atoms with Crippen molar-refractivity contribution in [3.63, 3.8) is 0 Å². The molecule has 2 atom stereocenters. The fraction of sp³-hybridized carbons (Fsp3) is 0.818. The Morgan fingerprint density at radius 1 is 1.23 bits per heavy atom. The topological polar surface area (TPSA) is 12.5 Å². The van der Waals surface area contributed by atoms with Crippen molar-refractivity contribution < 1.29 is 4.74 Å². The van der Waals surface area contributed by atoms with Crippen LogP contribution in [0.4, 0.5) is 0 Å². The Hall–Kier alpha value is -0.500. The summed E-state index contributed by atoms with van der Waals surface area (Å²) < 4.78 is 5.21. The maximum Gasteiger partial charge on any atom is 0.106 e. The summed E-state index contributed by atoms with van der Waals surface area (Å²) in [6.45, 7) is 10.6. The monoisotopic (exact) mass is 185 g/mol. The molecule has 0 amide bonds. The van der Waals surface area contributed by atoms with Gasteiger partial charge in [0.25, 0.3) is 0 Å². The molecule has 2 unspecified atom stereocenters. The highest BCUT2D eigenvalue weighted by molar-refractivity contribution is 4.99. The summed E-state index contributed by atoms with van der Waals surface area (Å²) in [4.78, 5) is 2.16. The molecule has 0 spiro atoms. The lowest BCUT2D eigenvalue weighted by Gasteiger charge is -2.32. The predicted octanol–water partition coefficient (Wildman–Crippen LogP) is 2.37. The number of methoxy groups -OCH3 is 1. The van der Waals surface area contributed by atoms with Gasteiger partial charge in [-0.15, -0.1) is 0 Å². The van der Waals surface area contributed by atoms with E-state index in [1.54, 1.807) is 7.11 Å². The maximum absolute atomic E-state index is 5.21. The van der Waals surface area contributed by atoms with E-state index in [9.17, 15) is 0 Å². The molecule has 2 nitrogen and oxygen atoms in total. The first-order chi connectivity index (χ1) is 5.91. The van der Waals surface area contributed by atoms with Gasteiger partial charge in [0.15, 0.2) is 0 Å². The lowest BCUT2D eigenvalue weighted by atomic mass is 9.89. The van der Waals surface area contributed by atoms with Crippen LogP contribution in [0, 0.1) is 11.8 Å². The van der Waals surface area contributed by atoms with Crippen LogP contribution in [0.5, 0.6) is 0 Å². The van der Waals surface area contributed by atoms with Gasteiger partial charge in [-0.2, -0.15) is 0 Å². The number of likely N-dealkylation sites (N-methyl/N-ethyl adjacent to an activating group) is 1. The molecule has 13 heavy (non-hydrogen) atoms. The van der Waals surface area contributed by atoms with Crippen molar-refractivity contribution in [3.8, 4) is 0 Å². The van der Waals surface area contributed by atoms with E-state index in [-0.39, 0.29) is 0 Å². The summed E-state index contributed by atoms with van der Waals surface area (Å²) in [6, 6.07) is 0.310. The van der Waals surface area contributed by atoms with Gasteiger partial charge in [0.05, 0.1) is 13.2 Å². The van der Waals surface area contributed by atoms with Gasteiger partial charge in [0, 0.05) is 0 Å². The van der Waals surface area contributed by atoms with E-state index in [0.29, 0.717) is 17.9 Å². The van der Waals surface area contributed by atoms with E-state index in [1.165, 1.54) is 0 Å². The van der Waals surface area contributed by atoms with Crippen LogP contribution in [0.1, 0.15) is 20.8 Å². The van der Waals surface area contributed by atoms with E-state index in [0.717, 1.165) is 5.76 Å². The second-order valence-electron chi connectivity index (χ2n) is 4.18. The summed E-state index contributed by atoms with van der Waals surface area (Å²) in [5.41, 5.74) is 0. The number of nitrogens with zero attached hydrogens (tertiary/aromatic N) is 1. The molecule has 0 bridgehead atoms. The fourth-order valence-corrected chi connectivity index (χ4v) is 1.54. The Morgan fingerprint density at radius 3 is 1.92 bits per heavy atom. The summed E-state index contributed by atoms with van der Waals surface area (Å²) in [5, 5.41) is 0. The molecule has 0 heterocycles. The Bertz CT molecular complexity index is 163. The molecule has 0 aliphatic carbocycles. The van der Waals surface area contributed by atoms with Crippen LogP contribution in [0.25, 0.3) is 0 Å². The van der Waals surface area contributed by atoms with E-state index < -0.39 is 0 Å². The minimum absolute atomic E-state index is 0.310. The van der Waals surface area contributed by atoms with Gasteiger partial charge in [-0.05, 0) is 25.9 Å². The van der Waals surface area contributed by atoms with Crippen molar-refractivity contribution in [1.29, 1.82) is 0 Å². The number of hydrogen-bond donors (Lipinski definition) is 0. The predicted molar refractivity (Wildman–Crippen MR) is 57.6 cm³/mol. The third-order valence-corrected chi connectivity index (χ3v) is 2.70. The summed E-state index contributed by atoms with van der Waals surface area (Å²) in [6.07, 6.45) is 0. The number of rotatable bonds is 5. The van der Waals surface area contributed by atoms with E-state index in [2.05, 4.69) is 46.3 Å². The van der Waals surface area contributed by atoms with Crippen molar-refractivity contribution in [2.75, 3.05) is 21.2 Å². The number of ether oxygens (including phenoxy) is 1. The van der Waals surface area contributed by atoms with Gasteiger partial charge in [-0.25, -0.2) is 0 Å². The van der Waals surface area contributed by atoms with Crippen LogP contribution >= 0.6 is 0 Å². The highest BCUT2D eigenvalue weighted by atomic mass is 16.5. The van der Waals surface area contributed by atoms with Crippen molar-refractivity contribution in [2.45, 2.75) is 26.8 Å². The van der Waals surface area contributed by atoms with Gasteiger partial charge >= 0.3 is 0 Å². The van der Waals surface area contributed by atoms with E-state index in [4.69, 9.17) is 4.74 Å². The zero-order valence-electron chi connectivity index (χ0n) is 9.79. The zero-order valence-corrected chi connectivity index (χ0v) is 9.79. The summed E-state index contributed by atoms with van der Waals surface area (Å²) in [5.74, 6) is 2.05. The number of hydrogen-bond acceptors (Lipinski definition) is 2. The molecule has 0 aromatic heterocycles. The first-order valence-electron chi connectivity index (χ1n) is 4.81.